The lowest BCUT2D eigenvalue weighted by Crippen LogP contribution is -2.41. The SMILES string of the molecule is Cc1cc(C)n(CCNC(=O)C(=O)NCCc2ccccc2)n1. The van der Waals surface area contributed by atoms with Crippen molar-refractivity contribution in [2.24, 2.45) is 0 Å². The van der Waals surface area contributed by atoms with E-state index < -0.39 is 11.8 Å². The van der Waals surface area contributed by atoms with Crippen molar-refractivity contribution in [2.75, 3.05) is 13.1 Å². The highest BCUT2D eigenvalue weighted by Crippen LogP contribution is 2.00. The summed E-state index contributed by atoms with van der Waals surface area (Å²) >= 11 is 0. The molecule has 2 rings (SSSR count). The highest BCUT2D eigenvalue weighted by molar-refractivity contribution is 6.35. The number of hydrogen-bond acceptors (Lipinski definition) is 3. The normalized spacial score (nSPS) is 10.3. The molecule has 0 saturated carbocycles. The molecule has 6 nitrogen and oxygen atoms in total. The van der Waals surface area contributed by atoms with Crippen molar-refractivity contribution in [3.05, 3.63) is 53.3 Å². The van der Waals surface area contributed by atoms with E-state index in [2.05, 4.69) is 15.7 Å². The fraction of sp³-hybridized carbons (Fsp3) is 0.353. The van der Waals surface area contributed by atoms with Gasteiger partial charge in [0.05, 0.1) is 12.2 Å². The summed E-state index contributed by atoms with van der Waals surface area (Å²) in [6.07, 6.45) is 0.700. The van der Waals surface area contributed by atoms with Gasteiger partial charge in [0.25, 0.3) is 0 Å². The lowest BCUT2D eigenvalue weighted by molar-refractivity contribution is -0.139. The molecule has 0 aliphatic heterocycles. The summed E-state index contributed by atoms with van der Waals surface area (Å²) in [4.78, 5) is 23.4. The van der Waals surface area contributed by atoms with Crippen molar-refractivity contribution in [3.8, 4) is 0 Å². The summed E-state index contributed by atoms with van der Waals surface area (Å²) in [6.45, 7) is 5.23. The predicted molar refractivity (Wildman–Crippen MR) is 87.9 cm³/mol. The molecule has 0 saturated heterocycles. The molecule has 0 aliphatic carbocycles. The zero-order chi connectivity index (χ0) is 16.7. The van der Waals surface area contributed by atoms with Gasteiger partial charge < -0.3 is 10.6 Å². The molecule has 23 heavy (non-hydrogen) atoms. The van der Waals surface area contributed by atoms with E-state index in [9.17, 15) is 9.59 Å². The largest absolute Gasteiger partial charge is 0.348 e. The number of nitrogens with zero attached hydrogens (tertiary/aromatic N) is 2. The van der Waals surface area contributed by atoms with Crippen LogP contribution in [-0.4, -0.2) is 34.7 Å². The van der Waals surface area contributed by atoms with E-state index in [0.29, 0.717) is 26.1 Å². The van der Waals surface area contributed by atoms with Crippen LogP contribution < -0.4 is 10.6 Å². The quantitative estimate of drug-likeness (QED) is 0.780. The maximum atomic E-state index is 11.7. The van der Waals surface area contributed by atoms with Crippen LogP contribution in [-0.2, 0) is 22.6 Å². The molecule has 6 heteroatoms. The third kappa shape index (κ3) is 5.25. The van der Waals surface area contributed by atoms with Crippen molar-refractivity contribution >= 4 is 11.8 Å². The molecule has 2 aromatic rings. The van der Waals surface area contributed by atoms with Gasteiger partial charge in [0, 0.05) is 18.8 Å². The average Bonchev–Trinajstić information content (AvgIpc) is 2.86. The molecule has 0 spiro atoms. The van der Waals surface area contributed by atoms with Gasteiger partial charge >= 0.3 is 11.8 Å². The zero-order valence-electron chi connectivity index (χ0n) is 13.5. The number of nitrogens with one attached hydrogen (secondary N) is 2. The van der Waals surface area contributed by atoms with E-state index in [0.717, 1.165) is 17.0 Å². The monoisotopic (exact) mass is 314 g/mol. The fourth-order valence-electron chi connectivity index (χ4n) is 2.30. The Balaban J connectivity index is 1.66. The van der Waals surface area contributed by atoms with Crippen LogP contribution >= 0.6 is 0 Å². The average molecular weight is 314 g/mol. The number of carbonyl (C=O) groups excluding carboxylic acids is 2. The van der Waals surface area contributed by atoms with Crippen molar-refractivity contribution < 1.29 is 9.59 Å². The van der Waals surface area contributed by atoms with Crippen LogP contribution in [0.15, 0.2) is 36.4 Å². The van der Waals surface area contributed by atoms with Crippen LogP contribution in [0, 0.1) is 13.8 Å². The molecular weight excluding hydrogens is 292 g/mol. The third-order valence-electron chi connectivity index (χ3n) is 3.46. The number of aromatic nitrogens is 2. The van der Waals surface area contributed by atoms with Crippen LogP contribution in [0.25, 0.3) is 0 Å². The molecule has 1 aromatic carbocycles. The highest BCUT2D eigenvalue weighted by atomic mass is 16.2. The Hall–Kier alpha value is -2.63. The van der Waals surface area contributed by atoms with Gasteiger partial charge in [0.15, 0.2) is 0 Å². The molecule has 1 aromatic heterocycles. The van der Waals surface area contributed by atoms with Crippen molar-refractivity contribution in [3.63, 3.8) is 0 Å². The van der Waals surface area contributed by atoms with Gasteiger partial charge in [-0.05, 0) is 31.9 Å². The molecule has 0 bridgehead atoms. The van der Waals surface area contributed by atoms with Gasteiger partial charge in [0.1, 0.15) is 0 Å². The van der Waals surface area contributed by atoms with Crippen LogP contribution in [0.1, 0.15) is 17.0 Å². The number of amides is 2. The first-order valence-electron chi connectivity index (χ1n) is 7.67. The summed E-state index contributed by atoms with van der Waals surface area (Å²) in [6, 6.07) is 11.8. The zero-order valence-corrected chi connectivity index (χ0v) is 13.5. The van der Waals surface area contributed by atoms with Crippen LogP contribution in [0.2, 0.25) is 0 Å². The lowest BCUT2D eigenvalue weighted by Gasteiger charge is -2.08. The summed E-state index contributed by atoms with van der Waals surface area (Å²) in [5.74, 6) is -1.21. The first-order valence-corrected chi connectivity index (χ1v) is 7.67. The summed E-state index contributed by atoms with van der Waals surface area (Å²) in [5.41, 5.74) is 3.09. The van der Waals surface area contributed by atoms with Crippen molar-refractivity contribution in [2.45, 2.75) is 26.8 Å². The van der Waals surface area contributed by atoms with Gasteiger partial charge in [0.2, 0.25) is 0 Å². The minimum atomic E-state index is -0.611. The Morgan fingerprint density at radius 1 is 1.04 bits per heavy atom. The van der Waals surface area contributed by atoms with Gasteiger partial charge in [-0.2, -0.15) is 5.10 Å². The Morgan fingerprint density at radius 3 is 2.30 bits per heavy atom. The van der Waals surface area contributed by atoms with E-state index in [1.54, 1.807) is 0 Å². The summed E-state index contributed by atoms with van der Waals surface area (Å²) in [7, 11) is 0. The number of benzene rings is 1. The minimum Gasteiger partial charge on any atom is -0.348 e. The van der Waals surface area contributed by atoms with Crippen LogP contribution in [0.5, 0.6) is 0 Å². The predicted octanol–water partition coefficient (Wildman–Crippen LogP) is 0.975. The molecule has 0 radical (unpaired) electrons. The molecule has 2 N–H and O–H groups in total. The second-order valence-corrected chi connectivity index (χ2v) is 5.40. The number of carbonyl (C=O) groups is 2. The van der Waals surface area contributed by atoms with Gasteiger partial charge in [-0.3, -0.25) is 14.3 Å². The molecule has 1 heterocycles. The van der Waals surface area contributed by atoms with E-state index in [4.69, 9.17) is 0 Å². The van der Waals surface area contributed by atoms with Crippen molar-refractivity contribution in [1.29, 1.82) is 0 Å². The highest BCUT2D eigenvalue weighted by Gasteiger charge is 2.12. The minimum absolute atomic E-state index is 0.368. The van der Waals surface area contributed by atoms with Gasteiger partial charge in [-0.1, -0.05) is 30.3 Å². The number of rotatable bonds is 6. The topological polar surface area (TPSA) is 76.0 Å². The standard InChI is InChI=1S/C17H22N4O2/c1-13-12-14(2)21(20-13)11-10-19-17(23)16(22)18-9-8-15-6-4-3-5-7-15/h3-7,12H,8-11H2,1-2H3,(H,18,22)(H,19,23). The molecule has 122 valence electrons. The van der Waals surface area contributed by atoms with Crippen molar-refractivity contribution in [1.82, 2.24) is 20.4 Å². The van der Waals surface area contributed by atoms with Crippen LogP contribution in [0.3, 0.4) is 0 Å². The summed E-state index contributed by atoms with van der Waals surface area (Å²) < 4.78 is 1.81. The summed E-state index contributed by atoms with van der Waals surface area (Å²) in [5, 5.41) is 9.53. The Labute approximate surface area is 135 Å². The molecule has 0 aliphatic rings. The molecule has 0 atom stereocenters. The Kier molecular flexibility index (Phi) is 5.91. The van der Waals surface area contributed by atoms with Gasteiger partial charge in [-0.15, -0.1) is 0 Å². The number of aryl methyl sites for hydroxylation is 2. The van der Waals surface area contributed by atoms with E-state index in [1.807, 2.05) is 54.9 Å². The van der Waals surface area contributed by atoms with Gasteiger partial charge in [-0.25, -0.2) is 0 Å². The lowest BCUT2D eigenvalue weighted by atomic mass is 10.1. The third-order valence-corrected chi connectivity index (χ3v) is 3.46. The molecule has 0 fully saturated rings. The maximum Gasteiger partial charge on any atom is 0.309 e. The Bertz CT molecular complexity index is 664. The fourth-order valence-corrected chi connectivity index (χ4v) is 2.30. The molecular formula is C17H22N4O2. The van der Waals surface area contributed by atoms with Crippen LogP contribution in [0.4, 0.5) is 0 Å². The second kappa shape index (κ2) is 8.12. The first kappa shape index (κ1) is 16.7. The Morgan fingerprint density at radius 2 is 1.70 bits per heavy atom. The van der Waals surface area contributed by atoms with E-state index in [1.165, 1.54) is 0 Å². The first-order chi connectivity index (χ1) is 11.1. The smallest absolute Gasteiger partial charge is 0.309 e. The molecule has 0 unspecified atom stereocenters. The van der Waals surface area contributed by atoms with E-state index in [-0.39, 0.29) is 0 Å². The number of hydrogen-bond donors (Lipinski definition) is 2. The maximum absolute atomic E-state index is 11.7. The second-order valence-electron chi connectivity index (χ2n) is 5.40. The van der Waals surface area contributed by atoms with E-state index >= 15 is 0 Å². The molecule has 2 amide bonds.